The van der Waals surface area contributed by atoms with Gasteiger partial charge in [0.15, 0.2) is 0 Å². The van der Waals surface area contributed by atoms with Crippen LogP contribution in [0.5, 0.6) is 0 Å². The zero-order chi connectivity index (χ0) is 13.1. The number of amides is 1. The number of carbonyl (C=O) groups excluding carboxylic acids is 1. The lowest BCUT2D eigenvalue weighted by molar-refractivity contribution is -0.149. The van der Waals surface area contributed by atoms with Gasteiger partial charge in [-0.1, -0.05) is 13.3 Å². The molecule has 1 heterocycles. The molecule has 1 aliphatic heterocycles. The highest BCUT2D eigenvalue weighted by Crippen LogP contribution is 2.42. The molecule has 5 heteroatoms. The van der Waals surface area contributed by atoms with Crippen LogP contribution in [0.1, 0.15) is 32.6 Å². The standard InChI is InChI=1S/C13H22N2O3/c1-2-6-14-7-11(16)15-8-9-4-3-5-10(9)12(15)13(17)18/h9-10,12,14H,2-8H2,1H3,(H,17,18). The summed E-state index contributed by atoms with van der Waals surface area (Å²) in [4.78, 5) is 25.0. The molecule has 3 unspecified atom stereocenters. The number of likely N-dealkylation sites (tertiary alicyclic amines) is 1. The number of hydrogen-bond acceptors (Lipinski definition) is 3. The van der Waals surface area contributed by atoms with Crippen molar-refractivity contribution in [3.05, 3.63) is 0 Å². The molecular weight excluding hydrogens is 232 g/mol. The van der Waals surface area contributed by atoms with Crippen LogP contribution in [0.15, 0.2) is 0 Å². The summed E-state index contributed by atoms with van der Waals surface area (Å²) < 4.78 is 0. The smallest absolute Gasteiger partial charge is 0.326 e. The van der Waals surface area contributed by atoms with Gasteiger partial charge in [-0.3, -0.25) is 4.79 Å². The Morgan fingerprint density at radius 1 is 1.39 bits per heavy atom. The molecule has 0 radical (unpaired) electrons. The first kappa shape index (κ1) is 13.3. The van der Waals surface area contributed by atoms with Gasteiger partial charge in [-0.2, -0.15) is 0 Å². The van der Waals surface area contributed by atoms with Gasteiger partial charge in [-0.15, -0.1) is 0 Å². The molecule has 0 aromatic heterocycles. The van der Waals surface area contributed by atoms with Crippen LogP contribution in [-0.2, 0) is 9.59 Å². The Morgan fingerprint density at radius 2 is 2.17 bits per heavy atom. The van der Waals surface area contributed by atoms with E-state index in [0.717, 1.165) is 32.2 Å². The average molecular weight is 254 g/mol. The zero-order valence-corrected chi connectivity index (χ0v) is 10.9. The Balaban J connectivity index is 1.98. The Labute approximate surface area is 108 Å². The second-order valence-electron chi connectivity index (χ2n) is 5.36. The SMILES string of the molecule is CCCNCC(=O)N1CC2CCCC2C1C(=O)O. The van der Waals surface area contributed by atoms with E-state index in [1.54, 1.807) is 4.90 Å². The molecule has 5 nitrogen and oxygen atoms in total. The molecule has 1 saturated carbocycles. The Morgan fingerprint density at radius 3 is 2.83 bits per heavy atom. The summed E-state index contributed by atoms with van der Waals surface area (Å²) in [5.74, 6) is -0.322. The van der Waals surface area contributed by atoms with E-state index in [9.17, 15) is 14.7 Å². The van der Waals surface area contributed by atoms with Gasteiger partial charge in [0.2, 0.25) is 5.91 Å². The maximum Gasteiger partial charge on any atom is 0.326 e. The third kappa shape index (κ3) is 2.51. The molecule has 1 aliphatic carbocycles. The molecule has 2 aliphatic rings. The summed E-state index contributed by atoms with van der Waals surface area (Å²) in [7, 11) is 0. The number of nitrogens with one attached hydrogen (secondary N) is 1. The summed E-state index contributed by atoms with van der Waals surface area (Å²) in [6.45, 7) is 3.73. The number of carboxylic acid groups (broad SMARTS) is 1. The van der Waals surface area contributed by atoms with E-state index in [0.29, 0.717) is 12.5 Å². The van der Waals surface area contributed by atoms with Crippen LogP contribution >= 0.6 is 0 Å². The minimum Gasteiger partial charge on any atom is -0.480 e. The molecule has 1 saturated heterocycles. The van der Waals surface area contributed by atoms with Gasteiger partial charge in [-0.05, 0) is 37.6 Å². The highest BCUT2D eigenvalue weighted by Gasteiger charge is 2.49. The minimum atomic E-state index is -0.840. The van der Waals surface area contributed by atoms with Gasteiger partial charge in [-0.25, -0.2) is 4.79 Å². The van der Waals surface area contributed by atoms with Gasteiger partial charge in [0.25, 0.3) is 0 Å². The monoisotopic (exact) mass is 254 g/mol. The summed E-state index contributed by atoms with van der Waals surface area (Å²) in [5, 5.41) is 12.4. The predicted molar refractivity (Wildman–Crippen MR) is 67.1 cm³/mol. The van der Waals surface area contributed by atoms with Crippen molar-refractivity contribution in [1.29, 1.82) is 0 Å². The van der Waals surface area contributed by atoms with Gasteiger partial charge >= 0.3 is 5.97 Å². The average Bonchev–Trinajstić information content (AvgIpc) is 2.87. The van der Waals surface area contributed by atoms with Crippen molar-refractivity contribution in [3.63, 3.8) is 0 Å². The van der Waals surface area contributed by atoms with Gasteiger partial charge in [0.1, 0.15) is 6.04 Å². The van der Waals surface area contributed by atoms with Crippen molar-refractivity contribution >= 4 is 11.9 Å². The molecule has 102 valence electrons. The first-order valence-electron chi connectivity index (χ1n) is 6.88. The number of carboxylic acids is 1. The molecule has 0 spiro atoms. The van der Waals surface area contributed by atoms with E-state index in [4.69, 9.17) is 0 Å². The van der Waals surface area contributed by atoms with E-state index in [2.05, 4.69) is 5.32 Å². The van der Waals surface area contributed by atoms with Gasteiger partial charge in [0.05, 0.1) is 6.54 Å². The lowest BCUT2D eigenvalue weighted by Gasteiger charge is -2.24. The van der Waals surface area contributed by atoms with Crippen molar-refractivity contribution in [3.8, 4) is 0 Å². The Bertz CT molecular complexity index is 332. The second kappa shape index (κ2) is 5.69. The quantitative estimate of drug-likeness (QED) is 0.709. The number of fused-ring (bicyclic) bond motifs is 1. The molecule has 3 atom stereocenters. The topological polar surface area (TPSA) is 69.6 Å². The third-order valence-corrected chi connectivity index (χ3v) is 4.17. The highest BCUT2D eigenvalue weighted by atomic mass is 16.4. The Hall–Kier alpha value is -1.10. The molecule has 2 rings (SSSR count). The first-order chi connectivity index (χ1) is 8.65. The van der Waals surface area contributed by atoms with Crippen molar-refractivity contribution in [2.24, 2.45) is 11.8 Å². The predicted octanol–water partition coefficient (Wildman–Crippen LogP) is 0.698. The summed E-state index contributed by atoms with van der Waals surface area (Å²) in [6.07, 6.45) is 4.10. The van der Waals surface area contributed by atoms with Crippen LogP contribution in [0.25, 0.3) is 0 Å². The summed E-state index contributed by atoms with van der Waals surface area (Å²) in [5.41, 5.74) is 0. The van der Waals surface area contributed by atoms with Crippen LogP contribution in [0.4, 0.5) is 0 Å². The van der Waals surface area contributed by atoms with E-state index in [1.807, 2.05) is 6.92 Å². The molecule has 0 bridgehead atoms. The number of aliphatic carboxylic acids is 1. The number of nitrogens with zero attached hydrogens (tertiary/aromatic N) is 1. The van der Waals surface area contributed by atoms with E-state index in [-0.39, 0.29) is 18.4 Å². The van der Waals surface area contributed by atoms with Crippen LogP contribution in [0, 0.1) is 11.8 Å². The van der Waals surface area contributed by atoms with Crippen molar-refractivity contribution in [1.82, 2.24) is 10.2 Å². The van der Waals surface area contributed by atoms with Crippen molar-refractivity contribution in [2.75, 3.05) is 19.6 Å². The normalized spacial score (nSPS) is 30.5. The molecular formula is C13H22N2O3. The van der Waals surface area contributed by atoms with Crippen LogP contribution < -0.4 is 5.32 Å². The van der Waals surface area contributed by atoms with Crippen molar-refractivity contribution in [2.45, 2.75) is 38.6 Å². The minimum absolute atomic E-state index is 0.0646. The molecule has 18 heavy (non-hydrogen) atoms. The number of rotatable bonds is 5. The summed E-state index contributed by atoms with van der Waals surface area (Å²) in [6, 6.07) is -0.589. The molecule has 2 fully saturated rings. The second-order valence-corrected chi connectivity index (χ2v) is 5.36. The van der Waals surface area contributed by atoms with Crippen LogP contribution in [-0.4, -0.2) is 47.6 Å². The van der Waals surface area contributed by atoms with Crippen LogP contribution in [0.3, 0.4) is 0 Å². The zero-order valence-electron chi connectivity index (χ0n) is 10.9. The van der Waals surface area contributed by atoms with Crippen molar-refractivity contribution < 1.29 is 14.7 Å². The fourth-order valence-electron chi connectivity index (χ4n) is 3.35. The van der Waals surface area contributed by atoms with Gasteiger partial charge < -0.3 is 15.3 Å². The molecule has 2 N–H and O–H groups in total. The maximum absolute atomic E-state index is 12.1. The molecule has 0 aromatic carbocycles. The van der Waals surface area contributed by atoms with Gasteiger partial charge in [0, 0.05) is 6.54 Å². The Kier molecular flexibility index (Phi) is 4.22. The lowest BCUT2D eigenvalue weighted by atomic mass is 9.94. The maximum atomic E-state index is 12.1. The van der Waals surface area contributed by atoms with Crippen LogP contribution in [0.2, 0.25) is 0 Å². The van der Waals surface area contributed by atoms with E-state index >= 15 is 0 Å². The highest BCUT2D eigenvalue weighted by molar-refractivity contribution is 5.85. The number of carbonyl (C=O) groups is 2. The first-order valence-corrected chi connectivity index (χ1v) is 6.88. The fraction of sp³-hybridized carbons (Fsp3) is 0.846. The fourth-order valence-corrected chi connectivity index (χ4v) is 3.35. The van der Waals surface area contributed by atoms with E-state index in [1.165, 1.54) is 0 Å². The number of hydrogen-bond donors (Lipinski definition) is 2. The molecule has 1 amide bonds. The largest absolute Gasteiger partial charge is 0.480 e. The summed E-state index contributed by atoms with van der Waals surface area (Å²) >= 11 is 0. The van der Waals surface area contributed by atoms with E-state index < -0.39 is 12.0 Å². The third-order valence-electron chi connectivity index (χ3n) is 4.17. The molecule has 0 aromatic rings. The lowest BCUT2D eigenvalue weighted by Crippen LogP contribution is -2.46.